The average molecular weight is 264 g/mol. The number of hydrogen-bond acceptors (Lipinski definition) is 3. The number of nitrogens with zero attached hydrogens (tertiary/aromatic N) is 2. The van der Waals surface area contributed by atoms with Gasteiger partial charge >= 0.3 is 0 Å². The Kier molecular flexibility index (Phi) is 3.19. The Balaban J connectivity index is 2.61. The number of nitrogen functional groups attached to an aromatic ring is 1. The first-order valence-electron chi connectivity index (χ1n) is 4.73. The molecule has 0 amide bonds. The monoisotopic (exact) mass is 263 g/mol. The quantitative estimate of drug-likeness (QED) is 0.857. The molecule has 1 aromatic carbocycles. The molecule has 0 saturated heterocycles. The van der Waals surface area contributed by atoms with Crippen molar-refractivity contribution in [3.63, 3.8) is 0 Å². The largest absolute Gasteiger partial charge is 0.396 e. The van der Waals surface area contributed by atoms with Gasteiger partial charge in [0.2, 0.25) is 0 Å². The molecule has 0 radical (unpaired) electrons. The van der Waals surface area contributed by atoms with Crippen molar-refractivity contribution in [3.05, 3.63) is 46.1 Å². The van der Waals surface area contributed by atoms with E-state index in [1.54, 1.807) is 24.3 Å². The lowest BCUT2D eigenvalue weighted by molar-refractivity contribution is 1.31. The second-order valence-electron chi connectivity index (χ2n) is 3.36. The zero-order valence-corrected chi connectivity index (χ0v) is 10.1. The van der Waals surface area contributed by atoms with Crippen LogP contribution in [0.2, 0.25) is 10.0 Å². The molecule has 0 atom stereocenters. The number of anilines is 1. The highest BCUT2D eigenvalue weighted by Crippen LogP contribution is 2.31. The summed E-state index contributed by atoms with van der Waals surface area (Å²) in [4.78, 5) is 4.15. The molecule has 1 aromatic heterocycles. The molecule has 0 bridgehead atoms. The second kappa shape index (κ2) is 4.62. The Morgan fingerprint density at radius 2 is 1.94 bits per heavy atom. The number of aromatic nitrogens is 1. The van der Waals surface area contributed by atoms with Crippen molar-refractivity contribution in [2.24, 2.45) is 0 Å². The number of nitrogens with two attached hydrogens (primary N) is 1. The van der Waals surface area contributed by atoms with Crippen molar-refractivity contribution < 1.29 is 0 Å². The molecule has 1 heterocycles. The fourth-order valence-electron chi connectivity index (χ4n) is 1.44. The normalized spacial score (nSPS) is 9.94. The Hall–Kier alpha value is -1.76. The summed E-state index contributed by atoms with van der Waals surface area (Å²) in [7, 11) is 0. The molecule has 2 aromatic rings. The molecule has 0 aliphatic rings. The lowest BCUT2D eigenvalue weighted by atomic mass is 10.1. The van der Waals surface area contributed by atoms with Gasteiger partial charge in [-0.15, -0.1) is 0 Å². The third-order valence-electron chi connectivity index (χ3n) is 2.30. The maximum absolute atomic E-state index is 8.88. The smallest absolute Gasteiger partial charge is 0.101 e. The van der Waals surface area contributed by atoms with Gasteiger partial charge in [-0.3, -0.25) is 4.98 Å². The summed E-state index contributed by atoms with van der Waals surface area (Å²) in [5.74, 6) is 0. The van der Waals surface area contributed by atoms with Gasteiger partial charge in [0.25, 0.3) is 0 Å². The van der Waals surface area contributed by atoms with E-state index in [4.69, 9.17) is 34.2 Å². The molecule has 84 valence electrons. The van der Waals surface area contributed by atoms with Crippen molar-refractivity contribution in [1.82, 2.24) is 4.98 Å². The van der Waals surface area contributed by atoms with Crippen molar-refractivity contribution >= 4 is 28.9 Å². The molecule has 0 aliphatic heterocycles. The van der Waals surface area contributed by atoms with Crippen LogP contribution in [0, 0.1) is 11.3 Å². The number of halogens is 2. The first-order valence-corrected chi connectivity index (χ1v) is 5.49. The van der Waals surface area contributed by atoms with E-state index in [1.165, 1.54) is 6.20 Å². The minimum absolute atomic E-state index is 0.341. The zero-order chi connectivity index (χ0) is 12.4. The van der Waals surface area contributed by atoms with Gasteiger partial charge in [0.05, 0.1) is 27.0 Å². The van der Waals surface area contributed by atoms with E-state index >= 15 is 0 Å². The Bertz CT molecular complexity index is 618. The second-order valence-corrected chi connectivity index (χ2v) is 4.18. The third kappa shape index (κ3) is 2.19. The van der Waals surface area contributed by atoms with Crippen LogP contribution < -0.4 is 5.73 Å². The first-order chi connectivity index (χ1) is 8.13. The maximum Gasteiger partial charge on any atom is 0.101 e. The highest BCUT2D eigenvalue weighted by atomic mass is 35.5. The van der Waals surface area contributed by atoms with Crippen LogP contribution in [0.1, 0.15) is 5.56 Å². The first kappa shape index (κ1) is 11.7. The van der Waals surface area contributed by atoms with Gasteiger partial charge in [-0.05, 0) is 18.2 Å². The van der Waals surface area contributed by atoms with Crippen LogP contribution in [0.15, 0.2) is 30.5 Å². The van der Waals surface area contributed by atoms with Crippen LogP contribution >= 0.6 is 23.2 Å². The van der Waals surface area contributed by atoms with E-state index in [2.05, 4.69) is 4.98 Å². The number of rotatable bonds is 1. The lowest BCUT2D eigenvalue weighted by Crippen LogP contribution is -1.96. The number of benzene rings is 1. The molecule has 0 unspecified atom stereocenters. The predicted molar refractivity (Wildman–Crippen MR) is 68.8 cm³/mol. The van der Waals surface area contributed by atoms with Crippen LogP contribution in [0.4, 0.5) is 5.69 Å². The van der Waals surface area contributed by atoms with Gasteiger partial charge in [-0.2, -0.15) is 5.26 Å². The highest BCUT2D eigenvalue weighted by Gasteiger charge is 2.09. The number of nitriles is 1. The van der Waals surface area contributed by atoms with Crippen molar-refractivity contribution in [2.75, 3.05) is 5.73 Å². The molecule has 0 aliphatic carbocycles. The molecule has 2 rings (SSSR count). The summed E-state index contributed by atoms with van der Waals surface area (Å²) < 4.78 is 0. The average Bonchev–Trinajstić information content (AvgIpc) is 2.33. The SMILES string of the molecule is N#Cc1ccnc(-c2ccc(Cl)c(Cl)c2)c1N. The van der Waals surface area contributed by atoms with Crippen LogP contribution in [-0.4, -0.2) is 4.98 Å². The minimum Gasteiger partial charge on any atom is -0.396 e. The summed E-state index contributed by atoms with van der Waals surface area (Å²) in [5.41, 5.74) is 7.84. The van der Waals surface area contributed by atoms with Crippen LogP contribution in [0.3, 0.4) is 0 Å². The summed E-state index contributed by atoms with van der Waals surface area (Å²) in [6.07, 6.45) is 1.53. The number of hydrogen-bond donors (Lipinski definition) is 1. The summed E-state index contributed by atoms with van der Waals surface area (Å²) in [6.45, 7) is 0. The standard InChI is InChI=1S/C12H7Cl2N3/c13-9-2-1-7(5-10(9)14)12-11(16)8(6-15)3-4-17-12/h1-5H,16H2. The number of pyridine rings is 1. The fraction of sp³-hybridized carbons (Fsp3) is 0. The van der Waals surface area contributed by atoms with E-state index in [9.17, 15) is 0 Å². The van der Waals surface area contributed by atoms with E-state index in [0.717, 1.165) is 5.56 Å². The third-order valence-corrected chi connectivity index (χ3v) is 3.04. The van der Waals surface area contributed by atoms with Gasteiger partial charge in [-0.1, -0.05) is 29.3 Å². The Morgan fingerprint density at radius 1 is 1.18 bits per heavy atom. The predicted octanol–water partition coefficient (Wildman–Crippen LogP) is 3.51. The Morgan fingerprint density at radius 3 is 2.59 bits per heavy atom. The molecule has 0 fully saturated rings. The van der Waals surface area contributed by atoms with E-state index < -0.39 is 0 Å². The van der Waals surface area contributed by atoms with Gasteiger partial charge in [0.1, 0.15) is 6.07 Å². The van der Waals surface area contributed by atoms with Gasteiger partial charge < -0.3 is 5.73 Å². The molecule has 17 heavy (non-hydrogen) atoms. The molecular formula is C12H7Cl2N3. The van der Waals surface area contributed by atoms with E-state index in [0.29, 0.717) is 27.0 Å². The van der Waals surface area contributed by atoms with Gasteiger partial charge in [0, 0.05) is 11.8 Å². The van der Waals surface area contributed by atoms with E-state index in [-0.39, 0.29) is 0 Å². The van der Waals surface area contributed by atoms with E-state index in [1.807, 2.05) is 6.07 Å². The van der Waals surface area contributed by atoms with Crippen molar-refractivity contribution in [3.8, 4) is 17.3 Å². The highest BCUT2D eigenvalue weighted by molar-refractivity contribution is 6.42. The minimum atomic E-state index is 0.341. The van der Waals surface area contributed by atoms with Gasteiger partial charge in [0.15, 0.2) is 0 Å². The van der Waals surface area contributed by atoms with Crippen LogP contribution in [0.5, 0.6) is 0 Å². The lowest BCUT2D eigenvalue weighted by Gasteiger charge is -2.06. The van der Waals surface area contributed by atoms with Crippen LogP contribution in [-0.2, 0) is 0 Å². The van der Waals surface area contributed by atoms with Crippen molar-refractivity contribution in [2.45, 2.75) is 0 Å². The summed E-state index contributed by atoms with van der Waals surface area (Å²) in [6, 6.07) is 8.67. The molecular weight excluding hydrogens is 257 g/mol. The molecule has 2 N–H and O–H groups in total. The molecule has 0 saturated carbocycles. The van der Waals surface area contributed by atoms with Crippen LogP contribution in [0.25, 0.3) is 11.3 Å². The molecule has 5 heteroatoms. The van der Waals surface area contributed by atoms with Gasteiger partial charge in [-0.25, -0.2) is 0 Å². The van der Waals surface area contributed by atoms with Crippen molar-refractivity contribution in [1.29, 1.82) is 5.26 Å². The Labute approximate surface area is 108 Å². The summed E-state index contributed by atoms with van der Waals surface area (Å²) >= 11 is 11.8. The fourth-order valence-corrected chi connectivity index (χ4v) is 1.74. The summed E-state index contributed by atoms with van der Waals surface area (Å²) in [5, 5.41) is 9.77. The zero-order valence-electron chi connectivity index (χ0n) is 8.61. The molecule has 0 spiro atoms. The molecule has 3 nitrogen and oxygen atoms in total. The topological polar surface area (TPSA) is 62.7 Å². The maximum atomic E-state index is 8.88.